The number of ether oxygens (including phenoxy) is 4. The van der Waals surface area contributed by atoms with Crippen molar-refractivity contribution in [2.45, 2.75) is 97.4 Å². The second-order valence-corrected chi connectivity index (χ2v) is 12.5. The lowest BCUT2D eigenvalue weighted by Crippen LogP contribution is -2.51. The molecule has 0 radical (unpaired) electrons. The Hall–Kier alpha value is -3.11. The quantitative estimate of drug-likeness (QED) is 0.284. The number of aryl methyl sites for hydroxylation is 1. The normalized spacial score (nSPS) is 24.3. The Kier molecular flexibility index (Phi) is 10.7. The molecule has 2 aliphatic heterocycles. The third-order valence-electron chi connectivity index (χ3n) is 8.64. The van der Waals surface area contributed by atoms with Crippen LogP contribution in [0.4, 0.5) is 13.2 Å². The molecule has 2 fully saturated rings. The highest BCUT2D eigenvalue weighted by Crippen LogP contribution is 2.51. The number of amides is 1. The first-order valence-corrected chi connectivity index (χ1v) is 15.4. The van der Waals surface area contributed by atoms with Crippen molar-refractivity contribution in [1.82, 2.24) is 4.90 Å². The zero-order valence-corrected chi connectivity index (χ0v) is 26.4. The van der Waals surface area contributed by atoms with Crippen LogP contribution in [0.1, 0.15) is 82.2 Å². The van der Waals surface area contributed by atoms with Gasteiger partial charge in [0.2, 0.25) is 0 Å². The minimum Gasteiger partial charge on any atom is -0.496 e. The molecule has 44 heavy (non-hydrogen) atoms. The number of carbonyl (C=O) groups excluding carboxylic acids is 2. The van der Waals surface area contributed by atoms with Gasteiger partial charge in [-0.3, -0.25) is 4.79 Å². The summed E-state index contributed by atoms with van der Waals surface area (Å²) in [4.78, 5) is 29.9. The predicted octanol–water partition coefficient (Wildman–Crippen LogP) is 6.91. The fraction of sp³-hybridized carbons (Fsp3) is 0.588. The van der Waals surface area contributed by atoms with E-state index in [1.807, 2.05) is 52.0 Å². The molecule has 7 nitrogen and oxygen atoms in total. The van der Waals surface area contributed by atoms with E-state index in [0.717, 1.165) is 36.1 Å². The molecule has 4 rings (SSSR count). The number of nitrogens with zero attached hydrogens (tertiary/aromatic N) is 1. The second-order valence-electron chi connectivity index (χ2n) is 12.5. The zero-order chi connectivity index (χ0) is 32.2. The Morgan fingerprint density at radius 1 is 1.02 bits per heavy atom. The summed E-state index contributed by atoms with van der Waals surface area (Å²) >= 11 is 0. The molecule has 0 spiro atoms. The van der Waals surface area contributed by atoms with E-state index in [-0.39, 0.29) is 24.9 Å². The molecule has 2 aromatic carbocycles. The highest BCUT2D eigenvalue weighted by atomic mass is 19.4. The van der Waals surface area contributed by atoms with Crippen LogP contribution in [0.15, 0.2) is 42.5 Å². The van der Waals surface area contributed by atoms with E-state index in [9.17, 15) is 22.8 Å². The molecule has 2 aromatic rings. The zero-order valence-electron chi connectivity index (χ0n) is 26.4. The van der Waals surface area contributed by atoms with Crippen molar-refractivity contribution in [3.8, 4) is 5.75 Å². The number of carbonyl (C=O) groups is 2. The van der Waals surface area contributed by atoms with Gasteiger partial charge in [-0.15, -0.1) is 0 Å². The molecule has 2 aliphatic rings. The van der Waals surface area contributed by atoms with Crippen LogP contribution in [0.25, 0.3) is 0 Å². The van der Waals surface area contributed by atoms with Gasteiger partial charge in [0.05, 0.1) is 38.0 Å². The fourth-order valence-corrected chi connectivity index (χ4v) is 6.60. The van der Waals surface area contributed by atoms with Crippen molar-refractivity contribution in [3.05, 3.63) is 64.7 Å². The van der Waals surface area contributed by atoms with Crippen molar-refractivity contribution < 1.29 is 41.7 Å². The fourth-order valence-electron chi connectivity index (χ4n) is 6.60. The molecular formula is C34H44F3NO6. The maximum Gasteiger partial charge on any atom is 0.416 e. The number of esters is 1. The number of hydrogen-bond donors (Lipinski definition) is 0. The van der Waals surface area contributed by atoms with Crippen LogP contribution in [-0.2, 0) is 43.0 Å². The molecule has 242 valence electrons. The minimum atomic E-state index is -4.53. The van der Waals surface area contributed by atoms with E-state index in [1.54, 1.807) is 11.8 Å². The molecule has 5 atom stereocenters. The summed E-state index contributed by atoms with van der Waals surface area (Å²) in [6, 6.07) is 9.43. The van der Waals surface area contributed by atoms with Gasteiger partial charge in [0.25, 0.3) is 5.91 Å². The molecule has 0 unspecified atom stereocenters. The van der Waals surface area contributed by atoms with E-state index in [2.05, 4.69) is 0 Å². The van der Waals surface area contributed by atoms with Crippen molar-refractivity contribution in [1.29, 1.82) is 0 Å². The third kappa shape index (κ3) is 7.07. The SMILES string of the molecule is CCOC(=O)[C@@H]1[C@@H](C(C)(C)C)[C@H](OCc2ccc(C(F)(F)F)cc2OC)[C@H](c2ccccc2CC)N1C(=O)[C@@H]1CCCCO1. The second kappa shape index (κ2) is 13.9. The Labute approximate surface area is 258 Å². The summed E-state index contributed by atoms with van der Waals surface area (Å²) in [5.74, 6) is -1.29. The van der Waals surface area contributed by atoms with Gasteiger partial charge in [0.15, 0.2) is 0 Å². The maximum atomic E-state index is 14.4. The van der Waals surface area contributed by atoms with Gasteiger partial charge in [-0.2, -0.15) is 13.2 Å². The van der Waals surface area contributed by atoms with Crippen molar-refractivity contribution in [3.63, 3.8) is 0 Å². The molecule has 0 bridgehead atoms. The number of halogens is 3. The van der Waals surface area contributed by atoms with Gasteiger partial charge in [-0.25, -0.2) is 4.79 Å². The van der Waals surface area contributed by atoms with Crippen molar-refractivity contribution in [2.24, 2.45) is 11.3 Å². The predicted molar refractivity (Wildman–Crippen MR) is 159 cm³/mol. The highest BCUT2D eigenvalue weighted by molar-refractivity contribution is 5.89. The lowest BCUT2D eigenvalue weighted by molar-refractivity contribution is -0.162. The molecule has 0 N–H and O–H groups in total. The number of benzene rings is 2. The van der Waals surface area contributed by atoms with Crippen LogP contribution in [0.5, 0.6) is 5.75 Å². The summed E-state index contributed by atoms with van der Waals surface area (Å²) in [6.07, 6.45) is -3.03. The molecular weight excluding hydrogens is 575 g/mol. The van der Waals surface area contributed by atoms with Crippen LogP contribution < -0.4 is 4.74 Å². The lowest BCUT2D eigenvalue weighted by Gasteiger charge is -2.36. The first-order chi connectivity index (χ1) is 20.8. The highest BCUT2D eigenvalue weighted by Gasteiger charge is 2.60. The molecule has 0 aliphatic carbocycles. The van der Waals surface area contributed by atoms with Gasteiger partial charge >= 0.3 is 12.1 Å². The van der Waals surface area contributed by atoms with Gasteiger partial charge in [0.1, 0.15) is 17.9 Å². The standard InChI is InChI=1S/C34H44F3NO6/c1-7-21-13-9-10-14-24(21)28-30(44-20-22-16-17-23(34(35,36)37)19-26(22)41-6)27(33(3,4)5)29(32(40)42-8-2)38(28)31(39)25-15-11-12-18-43-25/h9-10,13-14,16-17,19,25,27-30H,7-8,11-12,15,18,20H2,1-6H3/t25-,27+,28-,29-,30-/m0/s1. The molecule has 10 heteroatoms. The van der Waals surface area contributed by atoms with Crippen LogP contribution >= 0.6 is 0 Å². The van der Waals surface area contributed by atoms with Crippen LogP contribution in [-0.4, -0.2) is 55.3 Å². The molecule has 2 saturated heterocycles. The monoisotopic (exact) mass is 619 g/mol. The van der Waals surface area contributed by atoms with Gasteiger partial charge in [-0.1, -0.05) is 58.0 Å². The van der Waals surface area contributed by atoms with E-state index < -0.39 is 53.3 Å². The number of methoxy groups -OCH3 is 1. The molecule has 0 aromatic heterocycles. The largest absolute Gasteiger partial charge is 0.496 e. The Morgan fingerprint density at radius 2 is 1.75 bits per heavy atom. The molecule has 2 heterocycles. The van der Waals surface area contributed by atoms with Gasteiger partial charge in [-0.05, 0) is 61.3 Å². The number of alkyl halides is 3. The Bertz CT molecular complexity index is 1300. The lowest BCUT2D eigenvalue weighted by atomic mass is 9.73. The summed E-state index contributed by atoms with van der Waals surface area (Å²) in [7, 11) is 1.31. The summed E-state index contributed by atoms with van der Waals surface area (Å²) in [5, 5.41) is 0. The summed E-state index contributed by atoms with van der Waals surface area (Å²) in [5.41, 5.74) is 0.896. The van der Waals surface area contributed by atoms with Crippen molar-refractivity contribution in [2.75, 3.05) is 20.3 Å². The third-order valence-corrected chi connectivity index (χ3v) is 8.64. The molecule has 1 amide bonds. The van der Waals surface area contributed by atoms with Crippen molar-refractivity contribution >= 4 is 11.9 Å². The summed E-state index contributed by atoms with van der Waals surface area (Å²) in [6.45, 7) is 10.2. The van der Waals surface area contributed by atoms with Gasteiger partial charge in [0, 0.05) is 18.1 Å². The minimum absolute atomic E-state index is 0.0427. The first-order valence-electron chi connectivity index (χ1n) is 15.4. The van der Waals surface area contributed by atoms with Crippen LogP contribution in [0.3, 0.4) is 0 Å². The Balaban J connectivity index is 1.87. The van der Waals surface area contributed by atoms with Crippen LogP contribution in [0.2, 0.25) is 0 Å². The Morgan fingerprint density at radius 3 is 2.34 bits per heavy atom. The van der Waals surface area contributed by atoms with Crippen LogP contribution in [0, 0.1) is 11.3 Å². The molecule has 0 saturated carbocycles. The average Bonchev–Trinajstić information content (AvgIpc) is 3.35. The number of likely N-dealkylation sites (tertiary alicyclic amines) is 1. The van der Waals surface area contributed by atoms with Gasteiger partial charge < -0.3 is 23.8 Å². The van der Waals surface area contributed by atoms with E-state index in [1.165, 1.54) is 13.2 Å². The number of hydrogen-bond acceptors (Lipinski definition) is 6. The van der Waals surface area contributed by atoms with E-state index in [4.69, 9.17) is 18.9 Å². The topological polar surface area (TPSA) is 74.3 Å². The van der Waals surface area contributed by atoms with E-state index in [0.29, 0.717) is 25.0 Å². The summed E-state index contributed by atoms with van der Waals surface area (Å²) < 4.78 is 63.9. The average molecular weight is 620 g/mol. The first kappa shape index (κ1) is 33.8. The smallest absolute Gasteiger partial charge is 0.416 e. The number of rotatable bonds is 9. The van der Waals surface area contributed by atoms with E-state index >= 15 is 0 Å². The maximum absolute atomic E-state index is 14.4.